The van der Waals surface area contributed by atoms with Crippen molar-refractivity contribution in [2.75, 3.05) is 7.11 Å². The Morgan fingerprint density at radius 2 is 2.17 bits per heavy atom. The lowest BCUT2D eigenvalue weighted by molar-refractivity contribution is 0.395. The Labute approximate surface area is 126 Å². The molecule has 1 atom stereocenters. The second-order valence-electron chi connectivity index (χ2n) is 3.64. The fourth-order valence-corrected chi connectivity index (χ4v) is 4.54. The van der Waals surface area contributed by atoms with Crippen molar-refractivity contribution in [3.05, 3.63) is 37.3 Å². The minimum atomic E-state index is -0.110. The molecule has 1 unspecified atom stereocenters. The molecule has 2 rings (SSSR count). The van der Waals surface area contributed by atoms with Crippen molar-refractivity contribution in [2.24, 2.45) is 5.73 Å². The van der Waals surface area contributed by atoms with Gasteiger partial charge in [-0.1, -0.05) is 0 Å². The zero-order valence-electron chi connectivity index (χ0n) is 9.56. The highest BCUT2D eigenvalue weighted by molar-refractivity contribution is 9.12. The molecule has 0 saturated heterocycles. The van der Waals surface area contributed by atoms with E-state index in [1.165, 1.54) is 6.33 Å². The highest BCUT2D eigenvalue weighted by atomic mass is 79.9. The van der Waals surface area contributed by atoms with Crippen LogP contribution in [0.1, 0.15) is 17.3 Å². The van der Waals surface area contributed by atoms with E-state index < -0.39 is 0 Å². The van der Waals surface area contributed by atoms with Crippen LogP contribution in [-0.4, -0.2) is 17.1 Å². The van der Waals surface area contributed by atoms with Gasteiger partial charge in [0.15, 0.2) is 0 Å². The molecule has 0 bridgehead atoms. The molecule has 2 N–H and O–H groups in total. The fourth-order valence-electron chi connectivity index (χ4n) is 1.54. The maximum atomic E-state index is 6.19. The zero-order valence-corrected chi connectivity index (χ0v) is 13.5. The molecule has 0 spiro atoms. The molecular weight excluding hydrogens is 382 g/mol. The van der Waals surface area contributed by atoms with Crippen LogP contribution in [0, 0.1) is 0 Å². The van der Waals surface area contributed by atoms with Gasteiger partial charge in [0.05, 0.1) is 14.7 Å². The lowest BCUT2D eigenvalue weighted by Gasteiger charge is -2.10. The maximum Gasteiger partial charge on any atom is 0.216 e. The molecule has 2 aromatic rings. The van der Waals surface area contributed by atoms with Gasteiger partial charge < -0.3 is 10.5 Å². The van der Waals surface area contributed by atoms with E-state index in [1.54, 1.807) is 24.5 Å². The molecule has 0 saturated carbocycles. The molecule has 0 aliphatic heterocycles. The van der Waals surface area contributed by atoms with Gasteiger partial charge in [-0.15, -0.1) is 11.3 Å². The van der Waals surface area contributed by atoms with E-state index in [0.29, 0.717) is 12.3 Å². The summed E-state index contributed by atoms with van der Waals surface area (Å²) in [6, 6.07) is 3.72. The molecule has 4 nitrogen and oxygen atoms in total. The van der Waals surface area contributed by atoms with Gasteiger partial charge in [-0.25, -0.2) is 9.97 Å². The van der Waals surface area contributed by atoms with Crippen LogP contribution in [0.25, 0.3) is 0 Å². The second-order valence-corrected chi connectivity index (χ2v) is 7.39. The Balaban J connectivity index is 2.15. The first kappa shape index (κ1) is 13.9. The molecular formula is C11H11Br2N3OS. The number of nitrogens with zero attached hydrogens (tertiary/aromatic N) is 2. The van der Waals surface area contributed by atoms with Crippen molar-refractivity contribution in [1.29, 1.82) is 0 Å². The fraction of sp³-hybridized carbons (Fsp3) is 0.273. The van der Waals surface area contributed by atoms with Crippen molar-refractivity contribution < 1.29 is 4.74 Å². The zero-order chi connectivity index (χ0) is 13.1. The molecule has 0 aliphatic carbocycles. The third-order valence-corrected chi connectivity index (χ3v) is 4.81. The lowest BCUT2D eigenvalue weighted by atomic mass is 10.1. The molecule has 96 valence electrons. The maximum absolute atomic E-state index is 6.19. The molecule has 0 aromatic carbocycles. The van der Waals surface area contributed by atoms with Gasteiger partial charge in [0, 0.05) is 24.2 Å². The first-order valence-electron chi connectivity index (χ1n) is 5.15. The molecule has 18 heavy (non-hydrogen) atoms. The molecule has 2 aromatic heterocycles. The van der Waals surface area contributed by atoms with E-state index in [9.17, 15) is 0 Å². The van der Waals surface area contributed by atoms with Crippen LogP contribution >= 0.6 is 43.2 Å². The SMILES string of the molecule is COc1cc(CC(N)c2cc(Br)sc2Br)ncn1. The Morgan fingerprint density at radius 1 is 1.39 bits per heavy atom. The highest BCUT2D eigenvalue weighted by Gasteiger charge is 2.15. The van der Waals surface area contributed by atoms with Crippen LogP contribution in [-0.2, 0) is 6.42 Å². The number of hydrogen-bond donors (Lipinski definition) is 1. The predicted octanol–water partition coefficient (Wildman–Crippen LogP) is 3.31. The third kappa shape index (κ3) is 3.28. The van der Waals surface area contributed by atoms with Crippen molar-refractivity contribution in [3.63, 3.8) is 0 Å². The molecule has 2 heterocycles. The van der Waals surface area contributed by atoms with E-state index in [0.717, 1.165) is 18.8 Å². The van der Waals surface area contributed by atoms with Crippen molar-refractivity contribution in [1.82, 2.24) is 9.97 Å². The topological polar surface area (TPSA) is 61.0 Å². The number of ether oxygens (including phenoxy) is 1. The summed E-state index contributed by atoms with van der Waals surface area (Å²) in [5.74, 6) is 0.553. The Hall–Kier alpha value is -0.500. The summed E-state index contributed by atoms with van der Waals surface area (Å²) < 4.78 is 7.16. The lowest BCUT2D eigenvalue weighted by Crippen LogP contribution is -2.14. The van der Waals surface area contributed by atoms with Gasteiger partial charge >= 0.3 is 0 Å². The van der Waals surface area contributed by atoms with Gasteiger partial charge in [-0.05, 0) is 43.5 Å². The summed E-state index contributed by atoms with van der Waals surface area (Å²) >= 11 is 8.57. The van der Waals surface area contributed by atoms with Crippen molar-refractivity contribution >= 4 is 43.2 Å². The van der Waals surface area contributed by atoms with E-state index in [2.05, 4.69) is 41.8 Å². The second kappa shape index (κ2) is 6.10. The Kier molecular flexibility index (Phi) is 4.71. The number of aromatic nitrogens is 2. The monoisotopic (exact) mass is 391 g/mol. The average Bonchev–Trinajstić information content (AvgIpc) is 2.69. The summed E-state index contributed by atoms with van der Waals surface area (Å²) in [6.45, 7) is 0. The summed E-state index contributed by atoms with van der Waals surface area (Å²) in [7, 11) is 1.58. The minimum absolute atomic E-state index is 0.110. The number of rotatable bonds is 4. The van der Waals surface area contributed by atoms with Gasteiger partial charge in [-0.3, -0.25) is 0 Å². The van der Waals surface area contributed by atoms with Gasteiger partial charge in [0.25, 0.3) is 0 Å². The smallest absolute Gasteiger partial charge is 0.216 e. The average molecular weight is 393 g/mol. The van der Waals surface area contributed by atoms with Crippen LogP contribution in [0.15, 0.2) is 26.0 Å². The number of methoxy groups -OCH3 is 1. The van der Waals surface area contributed by atoms with Crippen LogP contribution in [0.5, 0.6) is 5.88 Å². The molecule has 0 aliphatic rings. The number of nitrogens with two attached hydrogens (primary N) is 1. The van der Waals surface area contributed by atoms with E-state index in [-0.39, 0.29) is 6.04 Å². The molecule has 0 amide bonds. The van der Waals surface area contributed by atoms with Crippen molar-refractivity contribution in [3.8, 4) is 5.88 Å². The van der Waals surface area contributed by atoms with Gasteiger partial charge in [-0.2, -0.15) is 0 Å². The summed E-state index contributed by atoms with van der Waals surface area (Å²) in [4.78, 5) is 8.17. The number of halogens is 2. The molecule has 0 fully saturated rings. The standard InChI is InChI=1S/C11H11Br2N3OS/c1-17-10-3-6(15-5-16-10)2-8(14)7-4-9(12)18-11(7)13/h3-5,8H,2,14H2,1H3. The van der Waals surface area contributed by atoms with E-state index in [1.807, 2.05) is 6.07 Å². The Bertz CT molecular complexity index is 547. The van der Waals surface area contributed by atoms with E-state index >= 15 is 0 Å². The Morgan fingerprint density at radius 3 is 2.78 bits per heavy atom. The third-order valence-electron chi connectivity index (χ3n) is 2.42. The highest BCUT2D eigenvalue weighted by Crippen LogP contribution is 2.35. The quantitative estimate of drug-likeness (QED) is 0.866. The number of thiophene rings is 1. The predicted molar refractivity (Wildman–Crippen MR) is 78.9 cm³/mol. The van der Waals surface area contributed by atoms with Crippen LogP contribution < -0.4 is 10.5 Å². The van der Waals surface area contributed by atoms with Crippen LogP contribution in [0.2, 0.25) is 0 Å². The summed E-state index contributed by atoms with van der Waals surface area (Å²) in [5.41, 5.74) is 8.13. The minimum Gasteiger partial charge on any atom is -0.481 e. The largest absolute Gasteiger partial charge is 0.481 e. The summed E-state index contributed by atoms with van der Waals surface area (Å²) in [5, 5.41) is 0. The van der Waals surface area contributed by atoms with Crippen LogP contribution in [0.4, 0.5) is 0 Å². The number of hydrogen-bond acceptors (Lipinski definition) is 5. The first-order valence-corrected chi connectivity index (χ1v) is 7.55. The van der Waals surface area contributed by atoms with Crippen LogP contribution in [0.3, 0.4) is 0 Å². The molecule has 7 heteroatoms. The van der Waals surface area contributed by atoms with Gasteiger partial charge in [0.1, 0.15) is 6.33 Å². The van der Waals surface area contributed by atoms with E-state index in [4.69, 9.17) is 10.5 Å². The molecule has 0 radical (unpaired) electrons. The van der Waals surface area contributed by atoms with Crippen molar-refractivity contribution in [2.45, 2.75) is 12.5 Å². The first-order chi connectivity index (χ1) is 8.60. The normalized spacial score (nSPS) is 12.4. The summed E-state index contributed by atoms with van der Waals surface area (Å²) in [6.07, 6.45) is 2.13. The van der Waals surface area contributed by atoms with Gasteiger partial charge in [0.2, 0.25) is 5.88 Å².